The summed E-state index contributed by atoms with van der Waals surface area (Å²) in [6.07, 6.45) is -1.09. The quantitative estimate of drug-likeness (QED) is 0.467. The van der Waals surface area contributed by atoms with Gasteiger partial charge < -0.3 is 19.7 Å². The first kappa shape index (κ1) is 28.3. The van der Waals surface area contributed by atoms with E-state index < -0.39 is 59.7 Å². The summed E-state index contributed by atoms with van der Waals surface area (Å²) in [5.41, 5.74) is -0.00246. The molecular formula is C25H36FNO6S. The lowest BCUT2D eigenvalue weighted by atomic mass is 9.74. The fraction of sp³-hybridized carbons (Fsp3) is 0.640. The van der Waals surface area contributed by atoms with Crippen molar-refractivity contribution in [3.63, 3.8) is 0 Å². The largest absolute Gasteiger partial charge is 0.455 e. The van der Waals surface area contributed by atoms with Gasteiger partial charge in [-0.05, 0) is 27.2 Å². The Morgan fingerprint density at radius 3 is 2.56 bits per heavy atom. The van der Waals surface area contributed by atoms with Crippen molar-refractivity contribution >= 4 is 29.2 Å². The number of carbonyl (C=O) groups is 2. The Morgan fingerprint density at radius 1 is 1.26 bits per heavy atom. The van der Waals surface area contributed by atoms with E-state index in [1.165, 1.54) is 31.3 Å². The number of aromatic nitrogens is 1. The molecule has 2 heterocycles. The number of carbonyl (C=O) groups excluding carboxylic acids is 2. The molecule has 0 saturated carbocycles. The second-order valence-electron chi connectivity index (χ2n) is 9.50. The van der Waals surface area contributed by atoms with Crippen molar-refractivity contribution in [3.8, 4) is 0 Å². The number of ketones is 1. The van der Waals surface area contributed by atoms with Gasteiger partial charge in [-0.15, -0.1) is 11.3 Å². The number of rotatable bonds is 2. The molecule has 2 N–H and O–H groups in total. The number of hydrogen-bond donors (Lipinski definition) is 2. The van der Waals surface area contributed by atoms with Crippen LogP contribution in [0, 0.1) is 18.3 Å². The third kappa shape index (κ3) is 7.53. The number of cyclic esters (lactones) is 1. The van der Waals surface area contributed by atoms with Gasteiger partial charge in [0.15, 0.2) is 6.10 Å². The fourth-order valence-corrected chi connectivity index (χ4v) is 4.31. The molecule has 0 spiro atoms. The normalized spacial score (nSPS) is 32.1. The highest BCUT2D eigenvalue weighted by molar-refractivity contribution is 7.09. The van der Waals surface area contributed by atoms with Crippen LogP contribution in [0.25, 0.3) is 6.08 Å². The van der Waals surface area contributed by atoms with Gasteiger partial charge in [0, 0.05) is 23.8 Å². The van der Waals surface area contributed by atoms with E-state index in [-0.39, 0.29) is 6.42 Å². The van der Waals surface area contributed by atoms with Crippen molar-refractivity contribution < 1.29 is 33.7 Å². The van der Waals surface area contributed by atoms with Crippen LogP contribution in [0.15, 0.2) is 22.9 Å². The zero-order valence-electron chi connectivity index (χ0n) is 20.7. The summed E-state index contributed by atoms with van der Waals surface area (Å²) in [5, 5.41) is 23.8. The summed E-state index contributed by atoms with van der Waals surface area (Å²) in [5.74, 6) is -2.70. The summed E-state index contributed by atoms with van der Waals surface area (Å²) < 4.78 is 26.2. The van der Waals surface area contributed by atoms with E-state index in [4.69, 9.17) is 9.47 Å². The molecule has 9 heteroatoms. The van der Waals surface area contributed by atoms with E-state index in [0.29, 0.717) is 18.7 Å². The minimum absolute atomic E-state index is 0.0939. The molecule has 5 atom stereocenters. The molecule has 0 fully saturated rings. The first-order valence-corrected chi connectivity index (χ1v) is 12.4. The predicted octanol–water partition coefficient (Wildman–Crippen LogP) is 4.16. The molecule has 2 rings (SSSR count). The molecule has 34 heavy (non-hydrogen) atoms. The molecule has 0 radical (unpaired) electrons. The smallest absolute Gasteiger partial charge is 0.309 e. The third-order valence-corrected chi connectivity index (χ3v) is 7.09. The Labute approximate surface area is 204 Å². The number of Topliss-reactive ketones (excluding diaryl/α,β-unsaturated/α-hetero) is 1. The van der Waals surface area contributed by atoms with E-state index in [9.17, 15) is 19.8 Å². The van der Waals surface area contributed by atoms with Gasteiger partial charge in [-0.25, -0.2) is 9.37 Å². The van der Waals surface area contributed by atoms with Crippen molar-refractivity contribution in [1.82, 2.24) is 4.98 Å². The summed E-state index contributed by atoms with van der Waals surface area (Å²) >= 11 is 1.38. The molecule has 0 amide bonds. The number of thiazole rings is 1. The Bertz CT molecular complexity index is 924. The number of aliphatic hydroxyl groups excluding tert-OH is 2. The highest BCUT2D eigenvalue weighted by atomic mass is 32.1. The molecular weight excluding hydrogens is 461 g/mol. The van der Waals surface area contributed by atoms with Crippen LogP contribution in [-0.2, 0) is 19.1 Å². The molecule has 0 unspecified atom stereocenters. The van der Waals surface area contributed by atoms with Gasteiger partial charge in [-0.2, -0.15) is 0 Å². The summed E-state index contributed by atoms with van der Waals surface area (Å²) in [4.78, 5) is 29.9. The maximum atomic E-state index is 15.1. The highest BCUT2D eigenvalue weighted by Gasteiger charge is 2.42. The molecule has 0 aromatic carbocycles. The minimum Gasteiger partial charge on any atom is -0.455 e. The van der Waals surface area contributed by atoms with Crippen molar-refractivity contribution in [1.29, 1.82) is 0 Å². The van der Waals surface area contributed by atoms with Crippen molar-refractivity contribution in [2.24, 2.45) is 11.3 Å². The number of esters is 1. The van der Waals surface area contributed by atoms with Crippen LogP contribution in [0.3, 0.4) is 0 Å². The second kappa shape index (κ2) is 12.2. The van der Waals surface area contributed by atoms with Crippen LogP contribution in [0.5, 0.6) is 0 Å². The lowest BCUT2D eigenvalue weighted by Crippen LogP contribution is -2.47. The number of hydrogen-bond acceptors (Lipinski definition) is 8. The molecule has 1 aliphatic heterocycles. The van der Waals surface area contributed by atoms with Crippen molar-refractivity contribution in [2.45, 2.75) is 85.2 Å². The zero-order valence-corrected chi connectivity index (χ0v) is 21.5. The maximum absolute atomic E-state index is 15.1. The molecule has 1 aromatic rings. The topological polar surface area (TPSA) is 106 Å². The predicted molar refractivity (Wildman–Crippen MR) is 129 cm³/mol. The van der Waals surface area contributed by atoms with Crippen LogP contribution in [0.4, 0.5) is 4.39 Å². The minimum atomic E-state index is -1.38. The SMILES string of the molecule is C/C1=C/C[C@@H](/C(F)=C/c2csc(C)n2)OC(=O)C[C@H](O)C(C)(C)C(=O)[C@H](C)[C@@H](O)[C@@H](C)OCC1. The van der Waals surface area contributed by atoms with Gasteiger partial charge >= 0.3 is 5.97 Å². The number of nitrogens with zero attached hydrogens (tertiary/aromatic N) is 1. The Morgan fingerprint density at radius 2 is 1.94 bits per heavy atom. The Kier molecular flexibility index (Phi) is 10.1. The number of halogens is 1. The summed E-state index contributed by atoms with van der Waals surface area (Å²) in [7, 11) is 0. The molecule has 1 aliphatic rings. The standard InChI is InChI=1S/C25H36FNO6S/c1-14-7-8-20(19(26)11-18-13-34-17(4)27-18)33-22(29)12-21(28)25(5,6)24(31)15(2)23(30)16(3)32-10-9-14/h7,11,13,15-16,20-21,23,28,30H,8-10,12H2,1-6H3/b14-7-,19-11-/t15-,16-,20+,21+,23-/m1/s1. The van der Waals surface area contributed by atoms with Crippen LogP contribution >= 0.6 is 11.3 Å². The summed E-state index contributed by atoms with van der Waals surface area (Å²) in [6, 6.07) is 0. The Balaban J connectivity index is 2.33. The number of ether oxygens (including phenoxy) is 2. The van der Waals surface area contributed by atoms with Gasteiger partial charge in [0.05, 0.1) is 47.5 Å². The molecule has 7 nitrogen and oxygen atoms in total. The number of aliphatic hydroxyl groups is 2. The zero-order chi connectivity index (χ0) is 25.6. The van der Waals surface area contributed by atoms with Gasteiger partial charge in [-0.3, -0.25) is 9.59 Å². The molecule has 0 saturated heterocycles. The van der Waals surface area contributed by atoms with E-state index in [2.05, 4.69) is 4.98 Å². The first-order chi connectivity index (χ1) is 15.8. The van der Waals surface area contributed by atoms with E-state index >= 15 is 4.39 Å². The average Bonchev–Trinajstić information content (AvgIpc) is 3.18. The van der Waals surface area contributed by atoms with Gasteiger partial charge in [0.2, 0.25) is 0 Å². The van der Waals surface area contributed by atoms with E-state index in [0.717, 1.165) is 10.6 Å². The van der Waals surface area contributed by atoms with E-state index in [1.807, 2.05) is 13.8 Å². The van der Waals surface area contributed by atoms with Crippen LogP contribution in [0.1, 0.15) is 64.6 Å². The first-order valence-electron chi connectivity index (χ1n) is 11.5. The molecule has 1 aromatic heterocycles. The van der Waals surface area contributed by atoms with Crippen molar-refractivity contribution in [3.05, 3.63) is 33.6 Å². The summed E-state index contributed by atoms with van der Waals surface area (Å²) in [6.45, 7) is 10.3. The van der Waals surface area contributed by atoms with Gasteiger partial charge in [0.25, 0.3) is 0 Å². The third-order valence-electron chi connectivity index (χ3n) is 6.30. The molecule has 190 valence electrons. The van der Waals surface area contributed by atoms with Crippen LogP contribution in [0.2, 0.25) is 0 Å². The number of aryl methyl sites for hydroxylation is 1. The van der Waals surface area contributed by atoms with Crippen LogP contribution < -0.4 is 0 Å². The lowest BCUT2D eigenvalue weighted by molar-refractivity contribution is -0.155. The second-order valence-corrected chi connectivity index (χ2v) is 10.6. The Hall–Kier alpha value is -1.94. The van der Waals surface area contributed by atoms with Crippen molar-refractivity contribution in [2.75, 3.05) is 6.61 Å². The average molecular weight is 498 g/mol. The molecule has 0 bridgehead atoms. The van der Waals surface area contributed by atoms with Gasteiger partial charge in [0.1, 0.15) is 11.6 Å². The van der Waals surface area contributed by atoms with Crippen LogP contribution in [-0.4, -0.2) is 58.0 Å². The van der Waals surface area contributed by atoms with Gasteiger partial charge in [-0.1, -0.05) is 32.4 Å². The lowest BCUT2D eigenvalue weighted by Gasteiger charge is -2.34. The van der Waals surface area contributed by atoms with E-state index in [1.54, 1.807) is 25.3 Å². The monoisotopic (exact) mass is 497 g/mol. The fourth-order valence-electron chi connectivity index (χ4n) is 3.74. The highest BCUT2D eigenvalue weighted by Crippen LogP contribution is 2.31. The maximum Gasteiger partial charge on any atom is 0.309 e. The molecule has 0 aliphatic carbocycles.